The number of halogens is 1. The molecule has 1 aromatic rings. The van der Waals surface area contributed by atoms with E-state index in [9.17, 15) is 4.39 Å². The number of hydrogen-bond donors (Lipinski definition) is 1. The number of anilines is 1. The van der Waals surface area contributed by atoms with Crippen LogP contribution in [0, 0.1) is 17.7 Å². The third-order valence-corrected chi connectivity index (χ3v) is 4.96. The van der Waals surface area contributed by atoms with Crippen molar-refractivity contribution in [3.63, 3.8) is 0 Å². The van der Waals surface area contributed by atoms with Gasteiger partial charge in [-0.15, -0.1) is 0 Å². The van der Waals surface area contributed by atoms with Crippen molar-refractivity contribution >= 4 is 5.69 Å². The summed E-state index contributed by atoms with van der Waals surface area (Å²) in [6.07, 6.45) is 7.14. The van der Waals surface area contributed by atoms with E-state index in [0.717, 1.165) is 30.6 Å². The molecular formula is C17H25FN2. The maximum absolute atomic E-state index is 13.1. The first kappa shape index (κ1) is 13.9. The molecule has 3 rings (SSSR count). The normalized spacial score (nSPS) is 27.1. The molecule has 0 amide bonds. The van der Waals surface area contributed by atoms with E-state index in [4.69, 9.17) is 0 Å². The average molecular weight is 276 g/mol. The SMILES string of the molecule is Fc1cccc(NCCN2CCC3CCCCC3C2)c1. The lowest BCUT2D eigenvalue weighted by molar-refractivity contribution is 0.0898. The highest BCUT2D eigenvalue weighted by molar-refractivity contribution is 5.42. The van der Waals surface area contributed by atoms with E-state index in [1.807, 2.05) is 6.07 Å². The molecule has 0 bridgehead atoms. The number of nitrogens with one attached hydrogen (secondary N) is 1. The second-order valence-corrected chi connectivity index (χ2v) is 6.33. The molecule has 2 aliphatic rings. The summed E-state index contributed by atoms with van der Waals surface area (Å²) < 4.78 is 13.1. The summed E-state index contributed by atoms with van der Waals surface area (Å²) in [7, 11) is 0. The number of likely N-dealkylation sites (tertiary alicyclic amines) is 1. The van der Waals surface area contributed by atoms with Crippen molar-refractivity contribution in [2.45, 2.75) is 32.1 Å². The van der Waals surface area contributed by atoms with Crippen LogP contribution in [0.3, 0.4) is 0 Å². The number of nitrogens with zero attached hydrogens (tertiary/aromatic N) is 1. The van der Waals surface area contributed by atoms with Crippen LogP contribution in [-0.2, 0) is 0 Å². The minimum Gasteiger partial charge on any atom is -0.384 e. The van der Waals surface area contributed by atoms with Crippen molar-refractivity contribution < 1.29 is 4.39 Å². The van der Waals surface area contributed by atoms with Crippen LogP contribution < -0.4 is 5.32 Å². The standard InChI is InChI=1S/C17H25FN2/c18-16-6-3-7-17(12-16)19-9-11-20-10-8-14-4-1-2-5-15(14)13-20/h3,6-7,12,14-15,19H,1-2,4-5,8-11,13H2. The largest absolute Gasteiger partial charge is 0.384 e. The predicted octanol–water partition coefficient (Wildman–Crippen LogP) is 3.75. The Labute approximate surface area is 121 Å². The van der Waals surface area contributed by atoms with E-state index in [-0.39, 0.29) is 5.82 Å². The van der Waals surface area contributed by atoms with Gasteiger partial charge in [0.25, 0.3) is 0 Å². The van der Waals surface area contributed by atoms with Crippen molar-refractivity contribution in [1.82, 2.24) is 4.90 Å². The second-order valence-electron chi connectivity index (χ2n) is 6.33. The molecule has 2 fully saturated rings. The summed E-state index contributed by atoms with van der Waals surface area (Å²) in [5, 5.41) is 3.32. The van der Waals surface area contributed by atoms with Gasteiger partial charge in [0.2, 0.25) is 0 Å². The second kappa shape index (κ2) is 6.57. The van der Waals surface area contributed by atoms with Crippen LogP contribution in [0.2, 0.25) is 0 Å². The van der Waals surface area contributed by atoms with Crippen LogP contribution in [0.1, 0.15) is 32.1 Å². The van der Waals surface area contributed by atoms with Gasteiger partial charge in [-0.25, -0.2) is 4.39 Å². The van der Waals surface area contributed by atoms with E-state index < -0.39 is 0 Å². The van der Waals surface area contributed by atoms with Gasteiger partial charge in [-0.05, 0) is 49.4 Å². The van der Waals surface area contributed by atoms with E-state index in [1.54, 1.807) is 12.1 Å². The zero-order valence-electron chi connectivity index (χ0n) is 12.2. The lowest BCUT2D eigenvalue weighted by atomic mass is 9.75. The van der Waals surface area contributed by atoms with Crippen molar-refractivity contribution in [3.05, 3.63) is 30.1 Å². The average Bonchev–Trinajstić information content (AvgIpc) is 2.47. The molecule has 110 valence electrons. The highest BCUT2D eigenvalue weighted by Gasteiger charge is 2.30. The zero-order valence-corrected chi connectivity index (χ0v) is 12.2. The van der Waals surface area contributed by atoms with Gasteiger partial charge in [-0.1, -0.05) is 25.3 Å². The Kier molecular flexibility index (Phi) is 4.56. The Morgan fingerprint density at radius 2 is 2.00 bits per heavy atom. The van der Waals surface area contributed by atoms with Gasteiger partial charge in [-0.2, -0.15) is 0 Å². The summed E-state index contributed by atoms with van der Waals surface area (Å²) >= 11 is 0. The number of piperidine rings is 1. The molecule has 1 aliphatic heterocycles. The van der Waals surface area contributed by atoms with Crippen molar-refractivity contribution in [3.8, 4) is 0 Å². The summed E-state index contributed by atoms with van der Waals surface area (Å²) in [6, 6.07) is 6.73. The van der Waals surface area contributed by atoms with E-state index in [0.29, 0.717) is 0 Å². The van der Waals surface area contributed by atoms with Crippen molar-refractivity contribution in [1.29, 1.82) is 0 Å². The molecule has 2 atom stereocenters. The fraction of sp³-hybridized carbons (Fsp3) is 0.647. The maximum atomic E-state index is 13.1. The molecule has 0 aromatic heterocycles. The molecule has 0 radical (unpaired) electrons. The molecule has 2 unspecified atom stereocenters. The van der Waals surface area contributed by atoms with Crippen LogP contribution in [-0.4, -0.2) is 31.1 Å². The quantitative estimate of drug-likeness (QED) is 0.901. The van der Waals surface area contributed by atoms with Gasteiger partial charge in [0.15, 0.2) is 0 Å². The van der Waals surface area contributed by atoms with E-state index >= 15 is 0 Å². The molecule has 1 saturated heterocycles. The smallest absolute Gasteiger partial charge is 0.125 e. The minimum absolute atomic E-state index is 0.169. The first-order valence-electron chi connectivity index (χ1n) is 8.03. The van der Waals surface area contributed by atoms with Crippen molar-refractivity contribution in [2.75, 3.05) is 31.5 Å². The fourth-order valence-corrected chi connectivity index (χ4v) is 3.84. The third-order valence-electron chi connectivity index (χ3n) is 4.96. The lowest BCUT2D eigenvalue weighted by Crippen LogP contribution is -2.43. The van der Waals surface area contributed by atoms with Crippen LogP contribution in [0.4, 0.5) is 10.1 Å². The molecular weight excluding hydrogens is 251 g/mol. The highest BCUT2D eigenvalue weighted by Crippen LogP contribution is 2.35. The molecule has 1 heterocycles. The van der Waals surface area contributed by atoms with Gasteiger partial charge in [0.05, 0.1) is 0 Å². The number of hydrogen-bond acceptors (Lipinski definition) is 2. The molecule has 0 spiro atoms. The topological polar surface area (TPSA) is 15.3 Å². The Hall–Kier alpha value is -1.09. The molecule has 1 aliphatic carbocycles. The number of rotatable bonds is 4. The first-order valence-corrected chi connectivity index (χ1v) is 8.03. The van der Waals surface area contributed by atoms with Gasteiger partial charge < -0.3 is 10.2 Å². The molecule has 1 saturated carbocycles. The van der Waals surface area contributed by atoms with Crippen LogP contribution >= 0.6 is 0 Å². The molecule has 3 heteroatoms. The Morgan fingerprint density at radius 1 is 1.15 bits per heavy atom. The highest BCUT2D eigenvalue weighted by atomic mass is 19.1. The van der Waals surface area contributed by atoms with E-state index in [2.05, 4.69) is 10.2 Å². The van der Waals surface area contributed by atoms with Crippen LogP contribution in [0.25, 0.3) is 0 Å². The Balaban J connectivity index is 1.42. The summed E-state index contributed by atoms with van der Waals surface area (Å²) in [6.45, 7) is 4.49. The number of benzene rings is 1. The fourth-order valence-electron chi connectivity index (χ4n) is 3.84. The summed E-state index contributed by atoms with van der Waals surface area (Å²) in [5.41, 5.74) is 0.887. The molecule has 20 heavy (non-hydrogen) atoms. The van der Waals surface area contributed by atoms with Gasteiger partial charge >= 0.3 is 0 Å². The number of fused-ring (bicyclic) bond motifs is 1. The van der Waals surface area contributed by atoms with E-state index in [1.165, 1.54) is 51.3 Å². The summed E-state index contributed by atoms with van der Waals surface area (Å²) in [4.78, 5) is 2.58. The zero-order chi connectivity index (χ0) is 13.8. The molecule has 2 nitrogen and oxygen atoms in total. The minimum atomic E-state index is -0.169. The van der Waals surface area contributed by atoms with Crippen LogP contribution in [0.5, 0.6) is 0 Å². The lowest BCUT2D eigenvalue weighted by Gasteiger charge is -2.41. The van der Waals surface area contributed by atoms with Gasteiger partial charge in [0, 0.05) is 25.3 Å². The van der Waals surface area contributed by atoms with Crippen molar-refractivity contribution in [2.24, 2.45) is 11.8 Å². The molecule has 1 aromatic carbocycles. The maximum Gasteiger partial charge on any atom is 0.125 e. The molecule has 1 N–H and O–H groups in total. The van der Waals surface area contributed by atoms with Crippen LogP contribution in [0.15, 0.2) is 24.3 Å². The van der Waals surface area contributed by atoms with Gasteiger partial charge in [0.1, 0.15) is 5.82 Å². The first-order chi connectivity index (χ1) is 9.81. The van der Waals surface area contributed by atoms with Gasteiger partial charge in [-0.3, -0.25) is 0 Å². The Morgan fingerprint density at radius 3 is 2.85 bits per heavy atom. The summed E-state index contributed by atoms with van der Waals surface area (Å²) in [5.74, 6) is 1.76. The Bertz CT molecular complexity index is 435. The monoisotopic (exact) mass is 276 g/mol. The third kappa shape index (κ3) is 3.51. The predicted molar refractivity (Wildman–Crippen MR) is 81.4 cm³/mol.